The second kappa shape index (κ2) is 3.32. The lowest BCUT2D eigenvalue weighted by molar-refractivity contribution is 0.382. The third-order valence-corrected chi connectivity index (χ3v) is 0.741. The zero-order chi connectivity index (χ0) is 5.91. The minimum Gasteiger partial charge on any atom is -0.361 e. The molecular weight excluding hydrogens is 177 g/mol. The molecule has 0 fully saturated rings. The number of rotatable bonds is 1. The molecule has 1 atom stereocenters. The number of alkyl halides is 3. The van der Waals surface area contributed by atoms with Crippen molar-refractivity contribution in [1.29, 1.82) is 0 Å². The van der Waals surface area contributed by atoms with Crippen molar-refractivity contribution < 1.29 is 4.52 Å². The van der Waals surface area contributed by atoms with Crippen molar-refractivity contribution >= 4 is 44.3 Å². The highest BCUT2D eigenvalue weighted by atomic mass is 35.6. The molecule has 44 valence electrons. The van der Waals surface area contributed by atoms with Crippen LogP contribution >= 0.6 is 44.3 Å². The maximum atomic E-state index is 5.23. The first-order chi connectivity index (χ1) is 3.06. The van der Waals surface area contributed by atoms with Crippen molar-refractivity contribution in [3.63, 3.8) is 0 Å². The van der Waals surface area contributed by atoms with Gasteiger partial charge in [-0.15, -0.1) is 0 Å². The van der Waals surface area contributed by atoms with Crippen LogP contribution in [0.5, 0.6) is 0 Å². The molecule has 0 radical (unpaired) electrons. The van der Waals surface area contributed by atoms with Crippen LogP contribution in [0.25, 0.3) is 0 Å². The minimum atomic E-state index is -1.28. The van der Waals surface area contributed by atoms with Crippen LogP contribution < -0.4 is 0 Å². The largest absolute Gasteiger partial charge is 0.361 e. The fourth-order valence-electron chi connectivity index (χ4n) is 0.0945. The van der Waals surface area contributed by atoms with E-state index in [2.05, 4.69) is 4.52 Å². The van der Waals surface area contributed by atoms with E-state index in [1.807, 2.05) is 9.47 Å². The Hall–Kier alpha value is 1.26. The van der Waals surface area contributed by atoms with Crippen LogP contribution in [0.1, 0.15) is 0 Å². The lowest BCUT2D eigenvalue weighted by Crippen LogP contribution is -2.07. The summed E-state index contributed by atoms with van der Waals surface area (Å²) in [6.07, 6.45) is 0. The van der Waals surface area contributed by atoms with Gasteiger partial charge in [0.1, 0.15) is 0 Å². The highest BCUT2D eigenvalue weighted by Gasteiger charge is 2.17. The molecule has 0 heterocycles. The third kappa shape index (κ3) is 7.26. The topological polar surface area (TPSA) is 9.23 Å². The van der Waals surface area contributed by atoms with E-state index in [9.17, 15) is 0 Å². The summed E-state index contributed by atoms with van der Waals surface area (Å²) in [5.41, 5.74) is 0. The van der Waals surface area contributed by atoms with E-state index in [0.717, 1.165) is 0 Å². The molecule has 0 aliphatic heterocycles. The third-order valence-electron chi connectivity index (χ3n) is 0.247. The number of halogens is 3. The van der Waals surface area contributed by atoms with Gasteiger partial charge in [-0.05, 0) is 0 Å². The van der Waals surface area contributed by atoms with Gasteiger partial charge in [-0.2, -0.15) is 0 Å². The van der Waals surface area contributed by atoms with Gasteiger partial charge in [0.2, 0.25) is 3.79 Å². The van der Waals surface area contributed by atoms with Crippen molar-refractivity contribution in [3.8, 4) is 0 Å². The van der Waals surface area contributed by atoms with Gasteiger partial charge < -0.3 is 4.52 Å². The maximum Gasteiger partial charge on any atom is 0.213 e. The number of hydrogen-bond acceptors (Lipinski definition) is 1. The zero-order valence-electron chi connectivity index (χ0n) is 3.33. The standard InChI is InChI=1S/C2H4Cl3OP/c3-2(4,5)1-6-7/h1,7H2. The summed E-state index contributed by atoms with van der Waals surface area (Å²) in [6, 6.07) is 0. The second-order valence-electron chi connectivity index (χ2n) is 0.926. The van der Waals surface area contributed by atoms with Crippen molar-refractivity contribution in [2.45, 2.75) is 3.79 Å². The van der Waals surface area contributed by atoms with Gasteiger partial charge in [0.25, 0.3) is 0 Å². The molecule has 0 saturated heterocycles. The van der Waals surface area contributed by atoms with Crippen LogP contribution in [0.4, 0.5) is 0 Å². The van der Waals surface area contributed by atoms with Gasteiger partial charge in [-0.1, -0.05) is 34.8 Å². The van der Waals surface area contributed by atoms with Crippen molar-refractivity contribution in [1.82, 2.24) is 0 Å². The van der Waals surface area contributed by atoms with E-state index in [0.29, 0.717) is 0 Å². The Morgan fingerprint density at radius 3 is 1.86 bits per heavy atom. The number of hydrogen-bond donors (Lipinski definition) is 0. The predicted molar refractivity (Wildman–Crippen MR) is 36.0 cm³/mol. The van der Waals surface area contributed by atoms with Crippen LogP contribution in [0.15, 0.2) is 0 Å². The minimum absolute atomic E-state index is 0.0995. The van der Waals surface area contributed by atoms with Gasteiger partial charge in [-0.3, -0.25) is 0 Å². The molecule has 0 saturated carbocycles. The fourth-order valence-corrected chi connectivity index (χ4v) is 0.850. The van der Waals surface area contributed by atoms with E-state index < -0.39 is 3.79 Å². The molecule has 0 aliphatic rings. The lowest BCUT2D eigenvalue weighted by Gasteiger charge is -2.06. The highest BCUT2D eigenvalue weighted by Crippen LogP contribution is 2.26. The molecule has 5 heteroatoms. The normalized spacial score (nSPS) is 12.0. The molecule has 0 aromatic carbocycles. The van der Waals surface area contributed by atoms with E-state index in [1.54, 1.807) is 0 Å². The van der Waals surface area contributed by atoms with E-state index in [-0.39, 0.29) is 6.61 Å². The summed E-state index contributed by atoms with van der Waals surface area (Å²) in [5.74, 6) is 0. The average molecular weight is 181 g/mol. The molecule has 0 bridgehead atoms. The Balaban J connectivity index is 3.15. The monoisotopic (exact) mass is 180 g/mol. The molecule has 0 amide bonds. The van der Waals surface area contributed by atoms with Crippen LogP contribution in [-0.4, -0.2) is 10.4 Å². The second-order valence-corrected chi connectivity index (χ2v) is 3.78. The van der Waals surface area contributed by atoms with Crippen LogP contribution in [0, 0.1) is 0 Å². The average Bonchev–Trinajstić information content (AvgIpc) is 1.30. The molecule has 0 aliphatic carbocycles. The van der Waals surface area contributed by atoms with E-state index in [4.69, 9.17) is 34.8 Å². The van der Waals surface area contributed by atoms with E-state index in [1.165, 1.54) is 0 Å². The Bertz CT molecular complexity index is 51.4. The predicted octanol–water partition coefficient (Wildman–Crippen LogP) is 2.16. The first-order valence-corrected chi connectivity index (χ1v) is 3.05. The molecule has 0 aromatic heterocycles. The molecular formula is C2H4Cl3OP. The summed E-state index contributed by atoms with van der Waals surface area (Å²) in [4.78, 5) is 0. The highest BCUT2D eigenvalue weighted by molar-refractivity contribution is 7.09. The molecule has 1 nitrogen and oxygen atoms in total. The maximum absolute atomic E-state index is 5.23. The Morgan fingerprint density at radius 1 is 1.43 bits per heavy atom. The molecule has 0 aromatic rings. The van der Waals surface area contributed by atoms with Gasteiger partial charge in [0.15, 0.2) is 0 Å². The van der Waals surface area contributed by atoms with Crippen LogP contribution in [-0.2, 0) is 4.52 Å². The van der Waals surface area contributed by atoms with Crippen LogP contribution in [0.3, 0.4) is 0 Å². The summed E-state index contributed by atoms with van der Waals surface area (Å²) >= 11 is 15.7. The van der Waals surface area contributed by atoms with E-state index >= 15 is 0 Å². The molecule has 0 N–H and O–H groups in total. The Kier molecular flexibility index (Phi) is 3.92. The zero-order valence-corrected chi connectivity index (χ0v) is 6.75. The van der Waals surface area contributed by atoms with Crippen molar-refractivity contribution in [3.05, 3.63) is 0 Å². The Morgan fingerprint density at radius 2 is 1.86 bits per heavy atom. The lowest BCUT2D eigenvalue weighted by atomic mass is 10.9. The summed E-state index contributed by atoms with van der Waals surface area (Å²) in [6.45, 7) is 0.0995. The quantitative estimate of drug-likeness (QED) is 0.445. The van der Waals surface area contributed by atoms with Gasteiger partial charge in [0.05, 0.1) is 6.61 Å². The first kappa shape index (κ1) is 8.26. The molecule has 7 heavy (non-hydrogen) atoms. The molecule has 1 unspecified atom stereocenters. The first-order valence-electron chi connectivity index (χ1n) is 1.44. The van der Waals surface area contributed by atoms with Crippen LogP contribution in [0.2, 0.25) is 0 Å². The molecule has 0 spiro atoms. The van der Waals surface area contributed by atoms with Gasteiger partial charge in [-0.25, -0.2) is 0 Å². The van der Waals surface area contributed by atoms with Gasteiger partial charge in [0, 0.05) is 9.47 Å². The summed E-state index contributed by atoms with van der Waals surface area (Å²) in [5, 5.41) is 0. The van der Waals surface area contributed by atoms with Crippen molar-refractivity contribution in [2.75, 3.05) is 6.61 Å². The Labute approximate surface area is 59.5 Å². The molecule has 0 rings (SSSR count). The van der Waals surface area contributed by atoms with Gasteiger partial charge >= 0.3 is 0 Å². The summed E-state index contributed by atoms with van der Waals surface area (Å²) < 4.78 is 3.15. The SMILES string of the molecule is POCC(Cl)(Cl)Cl. The summed E-state index contributed by atoms with van der Waals surface area (Å²) in [7, 11) is 1.99. The fraction of sp³-hybridized carbons (Fsp3) is 1.00. The smallest absolute Gasteiger partial charge is 0.213 e. The van der Waals surface area contributed by atoms with Crippen molar-refractivity contribution in [2.24, 2.45) is 0 Å².